The fraction of sp³-hybridized carbons (Fsp3) is 0.552. The molecule has 0 spiro atoms. The average molecular weight is 539 g/mol. The van der Waals surface area contributed by atoms with E-state index in [0.717, 1.165) is 59.0 Å². The molecule has 10 heteroatoms. The molecule has 0 bridgehead atoms. The molecule has 3 aromatic heterocycles. The number of aromatic amines is 1. The number of halogens is 2. The molecule has 4 heterocycles. The predicted octanol–water partition coefficient (Wildman–Crippen LogP) is 5.69. The number of imidazole rings is 1. The summed E-state index contributed by atoms with van der Waals surface area (Å²) in [5, 5.41) is 4.34. The number of fused-ring (bicyclic) bond motifs is 2. The molecule has 1 saturated heterocycles. The van der Waals surface area contributed by atoms with Crippen LogP contribution in [0.15, 0.2) is 29.5 Å². The molecule has 8 nitrogen and oxygen atoms in total. The number of pyridine rings is 1. The first-order valence-corrected chi connectivity index (χ1v) is 13.9. The van der Waals surface area contributed by atoms with E-state index >= 15 is 0 Å². The van der Waals surface area contributed by atoms with Crippen LogP contribution in [0.1, 0.15) is 75.5 Å². The molecule has 1 aliphatic carbocycles. The summed E-state index contributed by atoms with van der Waals surface area (Å²) in [6, 6.07) is 4.64. The van der Waals surface area contributed by atoms with Gasteiger partial charge in [-0.15, -0.1) is 0 Å². The van der Waals surface area contributed by atoms with Crippen LogP contribution in [0.3, 0.4) is 0 Å². The molecule has 2 aliphatic rings. The third-order valence-electron chi connectivity index (χ3n) is 8.85. The van der Waals surface area contributed by atoms with Crippen molar-refractivity contribution < 1.29 is 13.5 Å². The van der Waals surface area contributed by atoms with Gasteiger partial charge in [0.25, 0.3) is 5.92 Å². The summed E-state index contributed by atoms with van der Waals surface area (Å²) >= 11 is 0. The van der Waals surface area contributed by atoms with Crippen LogP contribution in [0.5, 0.6) is 5.75 Å². The number of H-pyrrole nitrogens is 1. The van der Waals surface area contributed by atoms with Crippen LogP contribution in [-0.4, -0.2) is 61.2 Å². The number of hydrogen-bond donors (Lipinski definition) is 1. The maximum atomic E-state index is 13.6. The number of benzene rings is 1. The van der Waals surface area contributed by atoms with Crippen molar-refractivity contribution in [3.63, 3.8) is 0 Å². The molecule has 2 fully saturated rings. The van der Waals surface area contributed by atoms with Gasteiger partial charge in [-0.2, -0.15) is 5.10 Å². The molecule has 0 amide bonds. The summed E-state index contributed by atoms with van der Waals surface area (Å²) in [6.45, 7) is 7.26. The van der Waals surface area contributed by atoms with Gasteiger partial charge in [0.05, 0.1) is 18.1 Å². The largest absolute Gasteiger partial charge is 0.492 e. The lowest BCUT2D eigenvalue weighted by atomic mass is 9.88. The topological polar surface area (TPSA) is 80.5 Å². The highest BCUT2D eigenvalue weighted by Crippen LogP contribution is 2.40. The van der Waals surface area contributed by atoms with E-state index in [4.69, 9.17) is 4.74 Å². The molecule has 208 valence electrons. The van der Waals surface area contributed by atoms with Crippen LogP contribution >= 0.6 is 0 Å². The van der Waals surface area contributed by atoms with Gasteiger partial charge in [0.1, 0.15) is 6.33 Å². The van der Waals surface area contributed by atoms with Crippen LogP contribution in [0.4, 0.5) is 8.78 Å². The number of methoxy groups -OCH3 is 1. The van der Waals surface area contributed by atoms with Crippen molar-refractivity contribution in [2.45, 2.75) is 83.2 Å². The Labute approximate surface area is 226 Å². The Hall–Kier alpha value is -3.27. The van der Waals surface area contributed by atoms with Gasteiger partial charge < -0.3 is 9.72 Å². The van der Waals surface area contributed by atoms with Crippen LogP contribution in [0.25, 0.3) is 27.8 Å². The smallest absolute Gasteiger partial charge is 0.326 e. The summed E-state index contributed by atoms with van der Waals surface area (Å²) in [6.07, 6.45) is 6.95. The second kappa shape index (κ2) is 9.73. The van der Waals surface area contributed by atoms with Crippen LogP contribution < -0.4 is 10.4 Å². The van der Waals surface area contributed by atoms with E-state index in [-0.39, 0.29) is 30.5 Å². The van der Waals surface area contributed by atoms with Gasteiger partial charge in [-0.05, 0) is 61.8 Å². The maximum Gasteiger partial charge on any atom is 0.326 e. The van der Waals surface area contributed by atoms with E-state index in [1.165, 1.54) is 6.33 Å². The molecule has 1 saturated carbocycles. The van der Waals surface area contributed by atoms with Gasteiger partial charge in [0, 0.05) is 55.3 Å². The number of alkyl halides is 2. The Morgan fingerprint density at radius 2 is 1.77 bits per heavy atom. The molecular weight excluding hydrogens is 502 g/mol. The van der Waals surface area contributed by atoms with E-state index < -0.39 is 5.92 Å². The van der Waals surface area contributed by atoms with Gasteiger partial charge in [-0.3, -0.25) is 9.47 Å². The summed E-state index contributed by atoms with van der Waals surface area (Å²) in [7, 11) is 1.64. The van der Waals surface area contributed by atoms with E-state index in [2.05, 4.69) is 45.9 Å². The van der Waals surface area contributed by atoms with Gasteiger partial charge in [-0.1, -0.05) is 13.8 Å². The molecule has 1 N–H and O–H groups in total. The number of piperidine rings is 1. The zero-order valence-electron chi connectivity index (χ0n) is 23.0. The molecule has 0 unspecified atom stereocenters. The highest BCUT2D eigenvalue weighted by Gasteiger charge is 2.37. The number of aromatic nitrogens is 5. The van der Waals surface area contributed by atoms with Crippen molar-refractivity contribution >= 4 is 16.7 Å². The number of hydrogen-bond acceptors (Lipinski definition) is 5. The van der Waals surface area contributed by atoms with Crippen molar-refractivity contribution in [3.05, 3.63) is 46.3 Å². The number of nitrogens with zero attached hydrogens (tertiary/aromatic N) is 5. The molecular formula is C29H36F2N6O2. The number of nitrogens with one attached hydrogen (secondary N) is 1. The minimum Gasteiger partial charge on any atom is -0.492 e. The summed E-state index contributed by atoms with van der Waals surface area (Å²) < 4.78 is 36.7. The van der Waals surface area contributed by atoms with E-state index in [1.54, 1.807) is 11.6 Å². The van der Waals surface area contributed by atoms with Crippen molar-refractivity contribution in [2.75, 3.05) is 20.2 Å². The average Bonchev–Trinajstić information content (AvgIpc) is 3.50. The van der Waals surface area contributed by atoms with Gasteiger partial charge >= 0.3 is 5.69 Å². The number of ether oxygens (including phenoxy) is 1. The lowest BCUT2D eigenvalue weighted by Crippen LogP contribution is -2.46. The van der Waals surface area contributed by atoms with E-state index in [9.17, 15) is 13.6 Å². The summed E-state index contributed by atoms with van der Waals surface area (Å²) in [4.78, 5) is 23.0. The van der Waals surface area contributed by atoms with Crippen molar-refractivity contribution in [1.29, 1.82) is 0 Å². The first kappa shape index (κ1) is 26.0. The Kier molecular flexibility index (Phi) is 6.48. The zero-order valence-corrected chi connectivity index (χ0v) is 23.0. The minimum atomic E-state index is -2.53. The molecule has 0 atom stereocenters. The Morgan fingerprint density at radius 1 is 1.08 bits per heavy atom. The number of rotatable bonds is 5. The second-order valence-corrected chi connectivity index (χ2v) is 11.5. The highest BCUT2D eigenvalue weighted by molar-refractivity contribution is 5.87. The van der Waals surface area contributed by atoms with Crippen LogP contribution in [0, 0.1) is 6.92 Å². The Bertz CT molecular complexity index is 1570. The molecule has 39 heavy (non-hydrogen) atoms. The molecule has 1 aromatic carbocycles. The van der Waals surface area contributed by atoms with E-state index in [0.29, 0.717) is 30.5 Å². The molecule has 1 aliphatic heterocycles. The van der Waals surface area contributed by atoms with Crippen molar-refractivity contribution in [2.24, 2.45) is 0 Å². The third kappa shape index (κ3) is 4.52. The fourth-order valence-corrected chi connectivity index (χ4v) is 6.69. The zero-order chi connectivity index (χ0) is 27.5. The van der Waals surface area contributed by atoms with Crippen LogP contribution in [-0.2, 0) is 0 Å². The quantitative estimate of drug-likeness (QED) is 0.353. The van der Waals surface area contributed by atoms with Gasteiger partial charge in [-0.25, -0.2) is 23.1 Å². The highest BCUT2D eigenvalue weighted by atomic mass is 19.3. The second-order valence-electron chi connectivity index (χ2n) is 11.5. The lowest BCUT2D eigenvalue weighted by molar-refractivity contribution is -0.0664. The monoisotopic (exact) mass is 538 g/mol. The fourth-order valence-electron chi connectivity index (χ4n) is 6.69. The lowest BCUT2D eigenvalue weighted by Gasteiger charge is -2.40. The van der Waals surface area contributed by atoms with Crippen LogP contribution in [0.2, 0.25) is 0 Å². The summed E-state index contributed by atoms with van der Waals surface area (Å²) in [5.74, 6) is -1.63. The predicted molar refractivity (Wildman–Crippen MR) is 147 cm³/mol. The first-order valence-electron chi connectivity index (χ1n) is 13.9. The maximum absolute atomic E-state index is 13.6. The van der Waals surface area contributed by atoms with Gasteiger partial charge in [0.15, 0.2) is 11.4 Å². The summed E-state index contributed by atoms with van der Waals surface area (Å²) in [5.41, 5.74) is 6.41. The van der Waals surface area contributed by atoms with Crippen molar-refractivity contribution in [1.82, 2.24) is 29.0 Å². The normalized spacial score (nSPS) is 22.2. The van der Waals surface area contributed by atoms with Crippen molar-refractivity contribution in [3.8, 4) is 16.9 Å². The standard InChI is InChI=1S/C29H36F2N6O2/c1-17(2)21-14-25-24(13-22(21)23-15-36-27(32-16-33-36)26(39-4)18(23)3)34-28(38)37(25)20-7-5-19(6-8-20)35-11-9-29(30,31)10-12-35/h13-17,19-20H,5-12H2,1-4H3,(H,34,38). The Balaban J connectivity index is 1.34. The molecule has 4 aromatic rings. The van der Waals surface area contributed by atoms with E-state index in [1.807, 2.05) is 17.7 Å². The first-order chi connectivity index (χ1) is 18.7. The molecule has 6 rings (SSSR count). The third-order valence-corrected chi connectivity index (χ3v) is 8.85. The van der Waals surface area contributed by atoms with Gasteiger partial charge in [0.2, 0.25) is 0 Å². The SMILES string of the molecule is COc1c(C)c(-c2cc3[nH]c(=O)n(C4CCC(N5CCC(F)(F)CC5)CC4)c3cc2C(C)C)cn2ncnc12. The number of likely N-dealkylation sites (tertiary alicyclic amines) is 1. The molecule has 0 radical (unpaired) electrons. The Morgan fingerprint density at radius 3 is 2.44 bits per heavy atom. The minimum absolute atomic E-state index is 0.0512.